The molecule has 1 N–H and O–H groups in total. The molecule has 2 heterocycles. The van der Waals surface area contributed by atoms with Crippen LogP contribution in [0.2, 0.25) is 0 Å². The largest absolute Gasteiger partial charge is 0.324 e. The average molecular weight is 494 g/mol. The number of aryl methyl sites for hydroxylation is 2. The zero-order chi connectivity index (χ0) is 25.2. The topological polar surface area (TPSA) is 64.0 Å². The zero-order valence-corrected chi connectivity index (χ0v) is 21.3. The van der Waals surface area contributed by atoms with E-state index in [1.54, 1.807) is 6.92 Å². The van der Waals surface area contributed by atoms with Gasteiger partial charge in [0.15, 0.2) is 0 Å². The Morgan fingerprint density at radius 1 is 0.972 bits per heavy atom. The molecule has 5 nitrogen and oxygen atoms in total. The summed E-state index contributed by atoms with van der Waals surface area (Å²) in [6.45, 7) is 5.76. The van der Waals surface area contributed by atoms with Crippen molar-refractivity contribution >= 4 is 33.1 Å². The van der Waals surface area contributed by atoms with Gasteiger partial charge in [0.25, 0.3) is 5.56 Å². The van der Waals surface area contributed by atoms with E-state index in [-0.39, 0.29) is 11.5 Å². The molecule has 1 amide bonds. The van der Waals surface area contributed by atoms with Crippen LogP contribution in [-0.4, -0.2) is 15.5 Å². The van der Waals surface area contributed by atoms with Crippen molar-refractivity contribution in [3.63, 3.8) is 0 Å². The third-order valence-electron chi connectivity index (χ3n) is 6.61. The standard InChI is InChI=1S/C30H27N3O2S/c1-4-21-12-8-9-19(2)27(21)32-28(34)20(3)33-18-31-29-26(30(33)35)25(17-36-29)24-15-13-23(14-16-24)22-10-6-5-7-11-22/h5-18,20H,4H2,1-3H3,(H,32,34). The van der Waals surface area contributed by atoms with E-state index in [0.717, 1.165) is 45.5 Å². The summed E-state index contributed by atoms with van der Waals surface area (Å²) < 4.78 is 1.43. The molecule has 0 aliphatic heterocycles. The van der Waals surface area contributed by atoms with Crippen LogP contribution in [0.4, 0.5) is 5.69 Å². The summed E-state index contributed by atoms with van der Waals surface area (Å²) in [6.07, 6.45) is 2.28. The first-order valence-corrected chi connectivity index (χ1v) is 12.9. The highest BCUT2D eigenvalue weighted by Crippen LogP contribution is 2.32. The molecule has 0 saturated heterocycles. The smallest absolute Gasteiger partial charge is 0.263 e. The number of thiophene rings is 1. The van der Waals surface area contributed by atoms with Crippen molar-refractivity contribution in [3.05, 3.63) is 106 Å². The molecule has 3 aromatic carbocycles. The molecule has 180 valence electrons. The normalized spacial score (nSPS) is 12.0. The predicted molar refractivity (Wildman–Crippen MR) is 149 cm³/mol. The summed E-state index contributed by atoms with van der Waals surface area (Å²) in [6, 6.07) is 23.6. The highest BCUT2D eigenvalue weighted by molar-refractivity contribution is 7.17. The van der Waals surface area contributed by atoms with Crippen LogP contribution in [0.25, 0.3) is 32.5 Å². The minimum atomic E-state index is -0.716. The average Bonchev–Trinajstić information content (AvgIpc) is 3.35. The Kier molecular flexibility index (Phi) is 6.53. The van der Waals surface area contributed by atoms with E-state index >= 15 is 0 Å². The fraction of sp³-hybridized carbons (Fsp3) is 0.167. The number of fused-ring (bicyclic) bond motifs is 1. The van der Waals surface area contributed by atoms with Crippen molar-refractivity contribution in [2.75, 3.05) is 5.32 Å². The summed E-state index contributed by atoms with van der Waals surface area (Å²) >= 11 is 1.44. The monoisotopic (exact) mass is 493 g/mol. The molecule has 0 aliphatic rings. The second-order valence-electron chi connectivity index (χ2n) is 8.86. The van der Waals surface area contributed by atoms with Gasteiger partial charge < -0.3 is 5.32 Å². The number of nitrogens with zero attached hydrogens (tertiary/aromatic N) is 2. The maximum absolute atomic E-state index is 13.6. The molecule has 0 bridgehead atoms. The van der Waals surface area contributed by atoms with Gasteiger partial charge in [0.1, 0.15) is 10.9 Å². The van der Waals surface area contributed by atoms with E-state index in [1.807, 2.05) is 60.8 Å². The molecule has 36 heavy (non-hydrogen) atoms. The highest BCUT2D eigenvalue weighted by atomic mass is 32.1. The van der Waals surface area contributed by atoms with Gasteiger partial charge in [-0.15, -0.1) is 11.3 Å². The van der Waals surface area contributed by atoms with Crippen LogP contribution in [0.15, 0.2) is 89.3 Å². The molecule has 5 aromatic rings. The number of anilines is 1. The summed E-state index contributed by atoms with van der Waals surface area (Å²) in [5.41, 5.74) is 6.69. The van der Waals surface area contributed by atoms with Crippen molar-refractivity contribution in [2.24, 2.45) is 0 Å². The fourth-order valence-corrected chi connectivity index (χ4v) is 5.37. The Hall–Kier alpha value is -4.03. The van der Waals surface area contributed by atoms with Crippen LogP contribution >= 0.6 is 11.3 Å². The minimum Gasteiger partial charge on any atom is -0.324 e. The van der Waals surface area contributed by atoms with E-state index in [2.05, 4.69) is 41.5 Å². The number of nitrogens with one attached hydrogen (secondary N) is 1. The molecule has 5 rings (SSSR count). The number of hydrogen-bond donors (Lipinski definition) is 1. The van der Waals surface area contributed by atoms with E-state index in [0.29, 0.717) is 10.2 Å². The molecular formula is C30H27N3O2S. The molecule has 1 unspecified atom stereocenters. The second-order valence-corrected chi connectivity index (χ2v) is 9.72. The van der Waals surface area contributed by atoms with Crippen LogP contribution in [-0.2, 0) is 11.2 Å². The number of benzene rings is 3. The van der Waals surface area contributed by atoms with Crippen LogP contribution in [0.1, 0.15) is 31.0 Å². The second kappa shape index (κ2) is 9.91. The van der Waals surface area contributed by atoms with Crippen LogP contribution < -0.4 is 10.9 Å². The Morgan fingerprint density at radius 3 is 2.39 bits per heavy atom. The summed E-state index contributed by atoms with van der Waals surface area (Å²) in [5.74, 6) is -0.244. The van der Waals surface area contributed by atoms with Crippen molar-refractivity contribution in [1.29, 1.82) is 0 Å². The van der Waals surface area contributed by atoms with Gasteiger partial charge in [0.05, 0.1) is 11.7 Å². The molecule has 0 fully saturated rings. The predicted octanol–water partition coefficient (Wildman–Crippen LogP) is 6.86. The lowest BCUT2D eigenvalue weighted by Gasteiger charge is -2.18. The van der Waals surface area contributed by atoms with Gasteiger partial charge in [-0.2, -0.15) is 0 Å². The molecule has 6 heteroatoms. The number of amides is 1. The van der Waals surface area contributed by atoms with E-state index in [9.17, 15) is 9.59 Å². The lowest BCUT2D eigenvalue weighted by Crippen LogP contribution is -2.32. The number of rotatable bonds is 6. The van der Waals surface area contributed by atoms with Crippen molar-refractivity contribution in [2.45, 2.75) is 33.2 Å². The molecule has 1 atom stereocenters. The van der Waals surface area contributed by atoms with Crippen LogP contribution in [0.3, 0.4) is 0 Å². The van der Waals surface area contributed by atoms with Crippen molar-refractivity contribution in [1.82, 2.24) is 9.55 Å². The van der Waals surface area contributed by atoms with Gasteiger partial charge in [-0.25, -0.2) is 4.98 Å². The number of carbonyl (C=O) groups excluding carboxylic acids is 1. The quantitative estimate of drug-likeness (QED) is 0.281. The molecule has 0 aliphatic carbocycles. The number of para-hydroxylation sites is 1. The summed E-state index contributed by atoms with van der Waals surface area (Å²) in [7, 11) is 0. The van der Waals surface area contributed by atoms with Gasteiger partial charge in [-0.1, -0.05) is 79.7 Å². The molecule has 0 radical (unpaired) electrons. The van der Waals surface area contributed by atoms with Crippen LogP contribution in [0.5, 0.6) is 0 Å². The number of hydrogen-bond acceptors (Lipinski definition) is 4. The van der Waals surface area contributed by atoms with Gasteiger partial charge in [0.2, 0.25) is 5.91 Å². The Labute approximate surface area is 214 Å². The van der Waals surface area contributed by atoms with Gasteiger partial charge in [-0.05, 0) is 48.1 Å². The lowest BCUT2D eigenvalue weighted by molar-refractivity contribution is -0.118. The Balaban J connectivity index is 1.48. The first kappa shape index (κ1) is 23.7. The third kappa shape index (κ3) is 4.36. The van der Waals surface area contributed by atoms with Crippen molar-refractivity contribution in [3.8, 4) is 22.3 Å². The van der Waals surface area contributed by atoms with Gasteiger partial charge >= 0.3 is 0 Å². The van der Waals surface area contributed by atoms with Crippen LogP contribution in [0, 0.1) is 6.92 Å². The third-order valence-corrected chi connectivity index (χ3v) is 7.49. The summed E-state index contributed by atoms with van der Waals surface area (Å²) in [4.78, 5) is 32.0. The molecule has 0 saturated carbocycles. The zero-order valence-electron chi connectivity index (χ0n) is 20.5. The molecule has 2 aromatic heterocycles. The molecule has 0 spiro atoms. The lowest BCUT2D eigenvalue weighted by atomic mass is 10.0. The van der Waals surface area contributed by atoms with E-state index in [4.69, 9.17) is 0 Å². The van der Waals surface area contributed by atoms with Gasteiger partial charge in [-0.3, -0.25) is 14.2 Å². The highest BCUT2D eigenvalue weighted by Gasteiger charge is 2.21. The minimum absolute atomic E-state index is 0.216. The summed E-state index contributed by atoms with van der Waals surface area (Å²) in [5, 5.41) is 5.55. The van der Waals surface area contributed by atoms with E-state index in [1.165, 1.54) is 22.2 Å². The first-order chi connectivity index (χ1) is 17.5. The Morgan fingerprint density at radius 2 is 1.67 bits per heavy atom. The number of carbonyl (C=O) groups is 1. The SMILES string of the molecule is CCc1cccc(C)c1NC(=O)C(C)n1cnc2scc(-c3ccc(-c4ccccc4)cc3)c2c1=O. The maximum Gasteiger partial charge on any atom is 0.263 e. The Bertz CT molecular complexity index is 1600. The van der Waals surface area contributed by atoms with Gasteiger partial charge in [0, 0.05) is 16.6 Å². The number of aromatic nitrogens is 2. The fourth-order valence-electron chi connectivity index (χ4n) is 4.46. The molecular weight excluding hydrogens is 466 g/mol. The first-order valence-electron chi connectivity index (χ1n) is 12.0. The maximum atomic E-state index is 13.6. The van der Waals surface area contributed by atoms with E-state index < -0.39 is 6.04 Å². The van der Waals surface area contributed by atoms with Crippen molar-refractivity contribution < 1.29 is 4.79 Å².